The number of nitrogens with zero attached hydrogens (tertiary/aromatic N) is 1. The number of hydrogen-bond donors (Lipinski definition) is 3. The van der Waals surface area contributed by atoms with Crippen molar-refractivity contribution in [1.29, 1.82) is 0 Å². The molecule has 0 saturated heterocycles. The molecule has 0 spiro atoms. The highest BCUT2D eigenvalue weighted by Crippen LogP contribution is 2.22. The summed E-state index contributed by atoms with van der Waals surface area (Å²) in [6.45, 7) is 1.77. The SMILES string of the molecule is COc1ccccc1CN(CC(Cc1c[nH]c2ccccc12)NC(=O)COc1ccccc1C(N)=O)C(C)=O. The Kier molecular flexibility index (Phi) is 8.83. The summed E-state index contributed by atoms with van der Waals surface area (Å²) in [6.07, 6.45) is 2.39. The minimum atomic E-state index is -0.642. The van der Waals surface area contributed by atoms with Gasteiger partial charge in [0, 0.05) is 42.7 Å². The number of hydrogen-bond acceptors (Lipinski definition) is 5. The normalized spacial score (nSPS) is 11.5. The Morgan fingerprint density at radius 1 is 0.949 bits per heavy atom. The van der Waals surface area contributed by atoms with Crippen molar-refractivity contribution in [3.05, 3.63) is 95.7 Å². The Morgan fingerprint density at radius 2 is 1.64 bits per heavy atom. The van der Waals surface area contributed by atoms with Crippen LogP contribution < -0.4 is 20.5 Å². The van der Waals surface area contributed by atoms with Crippen LogP contribution in [-0.2, 0) is 22.6 Å². The van der Waals surface area contributed by atoms with Gasteiger partial charge >= 0.3 is 0 Å². The molecule has 1 unspecified atom stereocenters. The zero-order valence-electron chi connectivity index (χ0n) is 22.0. The molecule has 3 aromatic carbocycles. The van der Waals surface area contributed by atoms with E-state index in [2.05, 4.69) is 10.3 Å². The second-order valence-electron chi connectivity index (χ2n) is 9.19. The topological polar surface area (TPSA) is 127 Å². The minimum absolute atomic E-state index is 0.134. The summed E-state index contributed by atoms with van der Waals surface area (Å²) >= 11 is 0. The fraction of sp³-hybridized carbons (Fsp3) is 0.233. The summed E-state index contributed by atoms with van der Waals surface area (Å²) in [6, 6.07) is 21.5. The lowest BCUT2D eigenvalue weighted by Crippen LogP contribution is -2.47. The molecule has 39 heavy (non-hydrogen) atoms. The number of carbonyl (C=O) groups is 3. The lowest BCUT2D eigenvalue weighted by Gasteiger charge is -2.28. The quantitative estimate of drug-likeness (QED) is 0.260. The highest BCUT2D eigenvalue weighted by atomic mass is 16.5. The number of aromatic nitrogens is 1. The lowest BCUT2D eigenvalue weighted by atomic mass is 10.0. The van der Waals surface area contributed by atoms with Crippen molar-refractivity contribution in [2.45, 2.75) is 25.9 Å². The summed E-state index contributed by atoms with van der Waals surface area (Å²) in [7, 11) is 1.59. The van der Waals surface area contributed by atoms with Crippen molar-refractivity contribution in [1.82, 2.24) is 15.2 Å². The fourth-order valence-corrected chi connectivity index (χ4v) is 4.55. The number of nitrogens with two attached hydrogens (primary N) is 1. The zero-order chi connectivity index (χ0) is 27.8. The first-order chi connectivity index (χ1) is 18.9. The van der Waals surface area contributed by atoms with E-state index in [-0.39, 0.29) is 36.3 Å². The number of benzene rings is 3. The summed E-state index contributed by atoms with van der Waals surface area (Å²) in [5.74, 6) is -0.250. The van der Waals surface area contributed by atoms with Crippen LogP contribution in [0.4, 0.5) is 0 Å². The Labute approximate surface area is 226 Å². The molecule has 0 saturated carbocycles. The van der Waals surface area contributed by atoms with Crippen LogP contribution in [0.5, 0.6) is 11.5 Å². The Morgan fingerprint density at radius 3 is 2.38 bits per heavy atom. The van der Waals surface area contributed by atoms with Crippen molar-refractivity contribution >= 4 is 28.6 Å². The standard InChI is InChI=1S/C30H32N4O5/c1-20(35)34(17-21-9-3-7-13-27(21)38-2)18-23(15-22-16-32-26-12-6-4-10-24(22)26)33-29(36)19-39-28-14-8-5-11-25(28)30(31)37/h3-14,16,23,32H,15,17-19H2,1-2H3,(H2,31,37)(H,33,36). The number of H-pyrrole nitrogens is 1. The molecular weight excluding hydrogens is 496 g/mol. The van der Waals surface area contributed by atoms with Crippen LogP contribution in [-0.4, -0.2) is 53.9 Å². The molecule has 3 amide bonds. The Bertz CT molecular complexity index is 1460. The van der Waals surface area contributed by atoms with E-state index in [1.54, 1.807) is 30.2 Å². The molecule has 4 N–H and O–H groups in total. The van der Waals surface area contributed by atoms with Crippen LogP contribution >= 0.6 is 0 Å². The molecule has 1 heterocycles. The number of nitrogens with one attached hydrogen (secondary N) is 2. The Balaban J connectivity index is 1.53. The number of aromatic amines is 1. The molecule has 4 aromatic rings. The second-order valence-corrected chi connectivity index (χ2v) is 9.19. The molecule has 0 aliphatic carbocycles. The van der Waals surface area contributed by atoms with E-state index >= 15 is 0 Å². The monoisotopic (exact) mass is 528 g/mol. The number of amides is 3. The van der Waals surface area contributed by atoms with E-state index in [0.717, 1.165) is 22.0 Å². The van der Waals surface area contributed by atoms with Crippen molar-refractivity contribution < 1.29 is 23.9 Å². The van der Waals surface area contributed by atoms with Crippen LogP contribution in [0.3, 0.4) is 0 Å². The predicted molar refractivity (Wildman–Crippen MR) is 148 cm³/mol. The summed E-state index contributed by atoms with van der Waals surface area (Å²) < 4.78 is 11.1. The molecule has 0 aliphatic heterocycles. The van der Waals surface area contributed by atoms with E-state index in [1.165, 1.54) is 13.0 Å². The van der Waals surface area contributed by atoms with Crippen LogP contribution in [0.25, 0.3) is 10.9 Å². The highest BCUT2D eigenvalue weighted by molar-refractivity contribution is 5.95. The number of para-hydroxylation sites is 3. The molecule has 0 bridgehead atoms. The predicted octanol–water partition coefficient (Wildman–Crippen LogP) is 3.43. The number of ether oxygens (including phenoxy) is 2. The summed E-state index contributed by atoms with van der Waals surface area (Å²) in [5, 5.41) is 4.06. The van der Waals surface area contributed by atoms with Crippen molar-refractivity contribution in [2.24, 2.45) is 5.73 Å². The number of carbonyl (C=O) groups excluding carboxylic acids is 3. The lowest BCUT2D eigenvalue weighted by molar-refractivity contribution is -0.131. The van der Waals surface area contributed by atoms with Gasteiger partial charge < -0.3 is 30.4 Å². The third-order valence-corrected chi connectivity index (χ3v) is 6.46. The van der Waals surface area contributed by atoms with Gasteiger partial charge in [0.05, 0.1) is 18.7 Å². The Hall–Kier alpha value is -4.79. The van der Waals surface area contributed by atoms with E-state index in [0.29, 0.717) is 18.7 Å². The number of methoxy groups -OCH3 is 1. The maximum absolute atomic E-state index is 13.0. The number of rotatable bonds is 12. The van der Waals surface area contributed by atoms with E-state index in [9.17, 15) is 14.4 Å². The summed E-state index contributed by atoms with van der Waals surface area (Å²) in [5.41, 5.74) is 8.47. The highest BCUT2D eigenvalue weighted by Gasteiger charge is 2.22. The van der Waals surface area contributed by atoms with Crippen LogP contribution in [0.2, 0.25) is 0 Å². The molecule has 9 nitrogen and oxygen atoms in total. The third-order valence-electron chi connectivity index (χ3n) is 6.46. The molecule has 202 valence electrons. The molecular formula is C30H32N4O5. The molecule has 1 atom stereocenters. The van der Waals surface area contributed by atoms with E-state index < -0.39 is 11.9 Å². The first-order valence-corrected chi connectivity index (χ1v) is 12.6. The summed E-state index contributed by atoms with van der Waals surface area (Å²) in [4.78, 5) is 42.4. The molecule has 4 rings (SSSR count). The van der Waals surface area contributed by atoms with E-state index in [4.69, 9.17) is 15.2 Å². The van der Waals surface area contributed by atoms with Crippen LogP contribution in [0.1, 0.15) is 28.4 Å². The van der Waals surface area contributed by atoms with Gasteiger partial charge in [0.15, 0.2) is 6.61 Å². The first kappa shape index (κ1) is 27.3. The van der Waals surface area contributed by atoms with Crippen molar-refractivity contribution in [3.8, 4) is 11.5 Å². The maximum atomic E-state index is 13.0. The fourth-order valence-electron chi connectivity index (χ4n) is 4.55. The van der Waals surface area contributed by atoms with Gasteiger partial charge in [-0.3, -0.25) is 14.4 Å². The van der Waals surface area contributed by atoms with Gasteiger partial charge in [-0.25, -0.2) is 0 Å². The average molecular weight is 529 g/mol. The largest absolute Gasteiger partial charge is 0.496 e. The number of fused-ring (bicyclic) bond motifs is 1. The number of primary amides is 1. The molecule has 0 radical (unpaired) electrons. The van der Waals surface area contributed by atoms with E-state index in [1.807, 2.05) is 54.7 Å². The van der Waals surface area contributed by atoms with Gasteiger partial charge in [-0.15, -0.1) is 0 Å². The average Bonchev–Trinajstić information content (AvgIpc) is 3.34. The second kappa shape index (κ2) is 12.6. The molecule has 0 aliphatic rings. The van der Waals surface area contributed by atoms with Gasteiger partial charge in [0.25, 0.3) is 11.8 Å². The third kappa shape index (κ3) is 6.95. The first-order valence-electron chi connectivity index (χ1n) is 12.6. The maximum Gasteiger partial charge on any atom is 0.258 e. The van der Waals surface area contributed by atoms with Gasteiger partial charge in [-0.2, -0.15) is 0 Å². The molecule has 9 heteroatoms. The van der Waals surface area contributed by atoms with Crippen LogP contribution in [0.15, 0.2) is 79.0 Å². The zero-order valence-corrected chi connectivity index (χ0v) is 22.0. The van der Waals surface area contributed by atoms with Gasteiger partial charge in [0.1, 0.15) is 11.5 Å². The van der Waals surface area contributed by atoms with Gasteiger partial charge in [0.2, 0.25) is 5.91 Å². The van der Waals surface area contributed by atoms with Crippen molar-refractivity contribution in [2.75, 3.05) is 20.3 Å². The molecule has 0 fully saturated rings. The molecule has 1 aromatic heterocycles. The van der Waals surface area contributed by atoms with Crippen LogP contribution in [0, 0.1) is 0 Å². The van der Waals surface area contributed by atoms with Crippen molar-refractivity contribution in [3.63, 3.8) is 0 Å². The van der Waals surface area contributed by atoms with Gasteiger partial charge in [-0.1, -0.05) is 48.5 Å². The smallest absolute Gasteiger partial charge is 0.258 e. The van der Waals surface area contributed by atoms with Gasteiger partial charge in [-0.05, 0) is 36.2 Å². The minimum Gasteiger partial charge on any atom is -0.496 e.